The summed E-state index contributed by atoms with van der Waals surface area (Å²) in [6.45, 7) is 8.51. The van der Waals surface area contributed by atoms with Gasteiger partial charge >= 0.3 is 0 Å². The van der Waals surface area contributed by atoms with Crippen molar-refractivity contribution in [2.24, 2.45) is 0 Å². The summed E-state index contributed by atoms with van der Waals surface area (Å²) in [6, 6.07) is 8.40. The molecule has 0 radical (unpaired) electrons. The summed E-state index contributed by atoms with van der Waals surface area (Å²) >= 11 is 0. The molecule has 1 unspecified atom stereocenters. The molecule has 0 aliphatic heterocycles. The van der Waals surface area contributed by atoms with Crippen molar-refractivity contribution >= 4 is 0 Å². The van der Waals surface area contributed by atoms with Crippen molar-refractivity contribution in [1.82, 2.24) is 5.32 Å². The summed E-state index contributed by atoms with van der Waals surface area (Å²) in [5, 5.41) is 3.41. The average molecular weight is 235 g/mol. The highest BCUT2D eigenvalue weighted by atomic mass is 16.5. The fourth-order valence-corrected chi connectivity index (χ4v) is 1.74. The van der Waals surface area contributed by atoms with Crippen LogP contribution in [-0.4, -0.2) is 19.2 Å². The van der Waals surface area contributed by atoms with Crippen LogP contribution in [0.2, 0.25) is 0 Å². The van der Waals surface area contributed by atoms with Crippen LogP contribution in [0, 0.1) is 0 Å². The van der Waals surface area contributed by atoms with Gasteiger partial charge in [0.2, 0.25) is 0 Å². The molecular weight excluding hydrogens is 210 g/mol. The van der Waals surface area contributed by atoms with Crippen molar-refractivity contribution in [3.63, 3.8) is 0 Å². The van der Waals surface area contributed by atoms with Crippen LogP contribution < -0.4 is 10.1 Å². The first-order valence-electron chi connectivity index (χ1n) is 6.76. The number of rotatable bonds is 8. The van der Waals surface area contributed by atoms with Gasteiger partial charge in [-0.3, -0.25) is 0 Å². The Labute approximate surface area is 105 Å². The minimum atomic E-state index is 0.272. The molecule has 0 aliphatic rings. The number of aryl methyl sites for hydroxylation is 1. The summed E-state index contributed by atoms with van der Waals surface area (Å²) in [5.74, 6) is 0.995. The van der Waals surface area contributed by atoms with Crippen LogP contribution in [0.4, 0.5) is 0 Å². The van der Waals surface area contributed by atoms with E-state index in [-0.39, 0.29) is 6.10 Å². The molecular formula is C15H25NO. The molecule has 0 fully saturated rings. The zero-order chi connectivity index (χ0) is 12.5. The summed E-state index contributed by atoms with van der Waals surface area (Å²) in [7, 11) is 0. The Morgan fingerprint density at radius 1 is 1.24 bits per heavy atom. The lowest BCUT2D eigenvalue weighted by atomic mass is 10.1. The van der Waals surface area contributed by atoms with Crippen LogP contribution >= 0.6 is 0 Å². The van der Waals surface area contributed by atoms with Gasteiger partial charge in [0.15, 0.2) is 0 Å². The largest absolute Gasteiger partial charge is 0.489 e. The minimum Gasteiger partial charge on any atom is -0.489 e. The lowest BCUT2D eigenvalue weighted by Gasteiger charge is -2.18. The highest BCUT2D eigenvalue weighted by Crippen LogP contribution is 2.16. The van der Waals surface area contributed by atoms with E-state index in [1.165, 1.54) is 12.0 Å². The van der Waals surface area contributed by atoms with Gasteiger partial charge in [-0.15, -0.1) is 0 Å². The topological polar surface area (TPSA) is 21.3 Å². The van der Waals surface area contributed by atoms with E-state index in [0.29, 0.717) is 0 Å². The molecule has 0 saturated heterocycles. The van der Waals surface area contributed by atoms with E-state index in [1.54, 1.807) is 0 Å². The van der Waals surface area contributed by atoms with Gasteiger partial charge in [0.25, 0.3) is 0 Å². The van der Waals surface area contributed by atoms with Gasteiger partial charge in [-0.2, -0.15) is 0 Å². The Morgan fingerprint density at radius 3 is 2.71 bits per heavy atom. The van der Waals surface area contributed by atoms with E-state index < -0.39 is 0 Å². The summed E-state index contributed by atoms with van der Waals surface area (Å²) in [4.78, 5) is 0. The second-order valence-electron chi connectivity index (χ2n) is 4.35. The smallest absolute Gasteiger partial charge is 0.120 e. The maximum Gasteiger partial charge on any atom is 0.120 e. The molecule has 1 N–H and O–H groups in total. The van der Waals surface area contributed by atoms with Crippen LogP contribution in [0.15, 0.2) is 24.3 Å². The van der Waals surface area contributed by atoms with Crippen LogP contribution in [0.5, 0.6) is 5.75 Å². The van der Waals surface area contributed by atoms with Crippen molar-refractivity contribution in [3.05, 3.63) is 29.8 Å². The average Bonchev–Trinajstić information content (AvgIpc) is 2.38. The Bertz CT molecular complexity index is 312. The molecule has 1 rings (SSSR count). The zero-order valence-corrected chi connectivity index (χ0v) is 11.3. The Balaban J connectivity index is 2.48. The van der Waals surface area contributed by atoms with E-state index in [4.69, 9.17) is 4.74 Å². The SMILES string of the molecule is CCCNCC(CC)Oc1cccc(CC)c1. The van der Waals surface area contributed by atoms with E-state index in [0.717, 1.165) is 31.7 Å². The van der Waals surface area contributed by atoms with E-state index >= 15 is 0 Å². The fraction of sp³-hybridized carbons (Fsp3) is 0.600. The lowest BCUT2D eigenvalue weighted by Crippen LogP contribution is -2.31. The van der Waals surface area contributed by atoms with Crippen LogP contribution in [0.3, 0.4) is 0 Å². The third-order valence-corrected chi connectivity index (χ3v) is 2.86. The van der Waals surface area contributed by atoms with Gasteiger partial charge in [-0.05, 0) is 43.5 Å². The van der Waals surface area contributed by atoms with Crippen LogP contribution in [-0.2, 0) is 6.42 Å². The maximum absolute atomic E-state index is 5.99. The third kappa shape index (κ3) is 5.22. The molecule has 17 heavy (non-hydrogen) atoms. The maximum atomic E-state index is 5.99. The first-order valence-corrected chi connectivity index (χ1v) is 6.76. The van der Waals surface area contributed by atoms with Crippen LogP contribution in [0.25, 0.3) is 0 Å². The molecule has 0 bridgehead atoms. The quantitative estimate of drug-likeness (QED) is 0.697. The normalized spacial score (nSPS) is 12.4. The van der Waals surface area contributed by atoms with Gasteiger partial charge in [0.05, 0.1) is 0 Å². The number of benzene rings is 1. The Kier molecular flexibility index (Phi) is 6.71. The zero-order valence-electron chi connectivity index (χ0n) is 11.3. The highest BCUT2D eigenvalue weighted by molar-refractivity contribution is 5.28. The molecule has 0 aliphatic carbocycles. The molecule has 0 heterocycles. The predicted molar refractivity (Wildman–Crippen MR) is 73.7 cm³/mol. The number of ether oxygens (including phenoxy) is 1. The van der Waals surface area contributed by atoms with Crippen molar-refractivity contribution in [2.45, 2.75) is 46.1 Å². The molecule has 0 spiro atoms. The molecule has 1 aromatic carbocycles. The van der Waals surface area contributed by atoms with Gasteiger partial charge in [0.1, 0.15) is 11.9 Å². The Morgan fingerprint density at radius 2 is 2.06 bits per heavy atom. The van der Waals surface area contributed by atoms with Gasteiger partial charge in [-0.1, -0.05) is 32.9 Å². The molecule has 0 saturated carbocycles. The highest BCUT2D eigenvalue weighted by Gasteiger charge is 2.07. The molecule has 0 aromatic heterocycles. The Hall–Kier alpha value is -1.02. The number of hydrogen-bond donors (Lipinski definition) is 1. The van der Waals surface area contributed by atoms with E-state index in [2.05, 4.69) is 44.3 Å². The molecule has 0 amide bonds. The third-order valence-electron chi connectivity index (χ3n) is 2.86. The van der Waals surface area contributed by atoms with Gasteiger partial charge in [-0.25, -0.2) is 0 Å². The number of nitrogens with one attached hydrogen (secondary N) is 1. The summed E-state index contributed by atoms with van der Waals surface area (Å²) in [6.07, 6.45) is 3.53. The second-order valence-corrected chi connectivity index (χ2v) is 4.35. The first-order chi connectivity index (χ1) is 8.30. The molecule has 2 heteroatoms. The van der Waals surface area contributed by atoms with Crippen molar-refractivity contribution < 1.29 is 4.74 Å². The van der Waals surface area contributed by atoms with E-state index in [9.17, 15) is 0 Å². The molecule has 2 nitrogen and oxygen atoms in total. The van der Waals surface area contributed by atoms with Crippen LogP contribution in [0.1, 0.15) is 39.2 Å². The molecule has 96 valence electrons. The van der Waals surface area contributed by atoms with Crippen molar-refractivity contribution in [2.75, 3.05) is 13.1 Å². The first kappa shape index (κ1) is 14.0. The summed E-state index contributed by atoms with van der Waals surface area (Å²) < 4.78 is 5.99. The lowest BCUT2D eigenvalue weighted by molar-refractivity contribution is 0.193. The predicted octanol–water partition coefficient (Wildman–Crippen LogP) is 3.41. The second kappa shape index (κ2) is 8.13. The standard InChI is InChI=1S/C15H25NO/c1-4-10-16-12-14(6-3)17-15-9-7-8-13(5-2)11-15/h7-9,11,14,16H,4-6,10,12H2,1-3H3. The molecule has 1 aromatic rings. The monoisotopic (exact) mass is 235 g/mol. The van der Waals surface area contributed by atoms with Crippen molar-refractivity contribution in [3.8, 4) is 5.75 Å². The number of hydrogen-bond acceptors (Lipinski definition) is 2. The van der Waals surface area contributed by atoms with Gasteiger partial charge < -0.3 is 10.1 Å². The fourth-order valence-electron chi connectivity index (χ4n) is 1.74. The van der Waals surface area contributed by atoms with Crippen molar-refractivity contribution in [1.29, 1.82) is 0 Å². The van der Waals surface area contributed by atoms with E-state index in [1.807, 2.05) is 6.07 Å². The minimum absolute atomic E-state index is 0.272. The summed E-state index contributed by atoms with van der Waals surface area (Å²) in [5.41, 5.74) is 1.33. The molecule has 1 atom stereocenters. The van der Waals surface area contributed by atoms with Gasteiger partial charge in [0, 0.05) is 6.54 Å².